The average molecular weight is 365 g/mol. The molecule has 5 heteroatoms. The Morgan fingerprint density at radius 2 is 1.89 bits per heavy atom. The van der Waals surface area contributed by atoms with E-state index in [9.17, 15) is 9.59 Å². The average Bonchev–Trinajstić information content (AvgIpc) is 3.11. The number of carbonyl (C=O) groups excluding carboxylic acids is 2. The molecule has 140 valence electrons. The van der Waals surface area contributed by atoms with E-state index in [0.29, 0.717) is 18.9 Å². The van der Waals surface area contributed by atoms with Gasteiger partial charge in [0.2, 0.25) is 0 Å². The highest BCUT2D eigenvalue weighted by atomic mass is 16.5. The zero-order valence-electron chi connectivity index (χ0n) is 15.6. The van der Waals surface area contributed by atoms with E-state index in [0.717, 1.165) is 23.2 Å². The molecule has 0 aliphatic carbocycles. The van der Waals surface area contributed by atoms with Gasteiger partial charge in [0.25, 0.3) is 5.91 Å². The Morgan fingerprint density at radius 3 is 2.70 bits per heavy atom. The first-order chi connectivity index (χ1) is 13.1. The van der Waals surface area contributed by atoms with Gasteiger partial charge in [-0.25, -0.2) is 4.79 Å². The molecule has 1 atom stereocenters. The number of carbonyl (C=O) groups is 2. The Bertz CT molecular complexity index is 859. The van der Waals surface area contributed by atoms with Crippen LogP contribution in [0.15, 0.2) is 54.6 Å². The van der Waals surface area contributed by atoms with Crippen molar-refractivity contribution in [3.8, 4) is 5.75 Å². The molecule has 1 aliphatic rings. The zero-order chi connectivity index (χ0) is 19.2. The van der Waals surface area contributed by atoms with Gasteiger partial charge in [-0.2, -0.15) is 0 Å². The molecule has 3 rings (SSSR count). The Morgan fingerprint density at radius 1 is 1.15 bits per heavy atom. The highest BCUT2D eigenvalue weighted by Crippen LogP contribution is 2.28. The SMILES string of the molecule is CCOc1ccccc1/C=C/C(=O)O[C@H](C)C(=O)N1CCc2ccccc21. The predicted octanol–water partition coefficient (Wildman–Crippen LogP) is 3.62. The van der Waals surface area contributed by atoms with Crippen LogP contribution in [0.3, 0.4) is 0 Å². The van der Waals surface area contributed by atoms with Gasteiger partial charge < -0.3 is 14.4 Å². The second-order valence-electron chi connectivity index (χ2n) is 6.25. The van der Waals surface area contributed by atoms with Crippen molar-refractivity contribution in [1.82, 2.24) is 0 Å². The van der Waals surface area contributed by atoms with Crippen molar-refractivity contribution in [2.45, 2.75) is 26.4 Å². The first-order valence-electron chi connectivity index (χ1n) is 9.10. The van der Waals surface area contributed by atoms with Crippen molar-refractivity contribution < 1.29 is 19.1 Å². The maximum absolute atomic E-state index is 12.7. The van der Waals surface area contributed by atoms with Crippen LogP contribution in [0.2, 0.25) is 0 Å². The fourth-order valence-electron chi connectivity index (χ4n) is 3.11. The topological polar surface area (TPSA) is 55.8 Å². The molecule has 5 nitrogen and oxygen atoms in total. The van der Waals surface area contributed by atoms with Crippen LogP contribution in [0, 0.1) is 0 Å². The van der Waals surface area contributed by atoms with Crippen molar-refractivity contribution in [3.05, 3.63) is 65.7 Å². The van der Waals surface area contributed by atoms with Gasteiger partial charge in [0.05, 0.1) is 6.61 Å². The second-order valence-corrected chi connectivity index (χ2v) is 6.25. The summed E-state index contributed by atoms with van der Waals surface area (Å²) in [6.45, 7) is 4.65. The molecule has 0 radical (unpaired) electrons. The summed E-state index contributed by atoms with van der Waals surface area (Å²) in [7, 11) is 0. The maximum Gasteiger partial charge on any atom is 0.331 e. The first kappa shape index (κ1) is 18.7. The van der Waals surface area contributed by atoms with Crippen molar-refractivity contribution in [3.63, 3.8) is 0 Å². The molecule has 1 aliphatic heterocycles. The molecular formula is C22H23NO4. The van der Waals surface area contributed by atoms with Crippen LogP contribution in [-0.4, -0.2) is 31.1 Å². The zero-order valence-corrected chi connectivity index (χ0v) is 15.6. The van der Waals surface area contributed by atoms with E-state index in [-0.39, 0.29) is 5.91 Å². The largest absolute Gasteiger partial charge is 0.493 e. The van der Waals surface area contributed by atoms with Crippen LogP contribution in [0.1, 0.15) is 25.0 Å². The standard InChI is InChI=1S/C22H23NO4/c1-3-26-20-11-7-5-9-18(20)12-13-21(24)27-16(2)22(25)23-15-14-17-8-4-6-10-19(17)23/h4-13,16H,3,14-15H2,1-2H3/b13-12+/t16-/m1/s1. The predicted molar refractivity (Wildman–Crippen MR) is 105 cm³/mol. The van der Waals surface area contributed by atoms with E-state index in [1.54, 1.807) is 17.9 Å². The summed E-state index contributed by atoms with van der Waals surface area (Å²) >= 11 is 0. The first-order valence-corrected chi connectivity index (χ1v) is 9.10. The van der Waals surface area contributed by atoms with E-state index in [4.69, 9.17) is 9.47 Å². The maximum atomic E-state index is 12.7. The summed E-state index contributed by atoms with van der Waals surface area (Å²) in [5.41, 5.74) is 2.81. The number of amides is 1. The fourth-order valence-corrected chi connectivity index (χ4v) is 3.11. The molecule has 0 N–H and O–H groups in total. The number of para-hydroxylation sites is 2. The summed E-state index contributed by atoms with van der Waals surface area (Å²) in [6, 6.07) is 15.2. The summed E-state index contributed by atoms with van der Waals surface area (Å²) in [5, 5.41) is 0. The summed E-state index contributed by atoms with van der Waals surface area (Å²) in [5.74, 6) is -0.0760. The lowest BCUT2D eigenvalue weighted by atomic mass is 10.2. The van der Waals surface area contributed by atoms with Crippen LogP contribution in [-0.2, 0) is 20.7 Å². The number of esters is 1. The Hall–Kier alpha value is -3.08. The van der Waals surface area contributed by atoms with Gasteiger partial charge in [0.15, 0.2) is 6.10 Å². The summed E-state index contributed by atoms with van der Waals surface area (Å²) in [6.07, 6.45) is 2.92. The van der Waals surface area contributed by atoms with Gasteiger partial charge in [-0.1, -0.05) is 36.4 Å². The molecule has 2 aromatic rings. The highest BCUT2D eigenvalue weighted by Gasteiger charge is 2.29. The number of benzene rings is 2. The molecule has 1 amide bonds. The van der Waals surface area contributed by atoms with Crippen LogP contribution < -0.4 is 9.64 Å². The molecule has 0 saturated heterocycles. The Kier molecular flexibility index (Phi) is 5.91. The number of nitrogens with zero attached hydrogens (tertiary/aromatic N) is 1. The molecule has 1 heterocycles. The van der Waals surface area contributed by atoms with Gasteiger partial charge >= 0.3 is 5.97 Å². The number of ether oxygens (including phenoxy) is 2. The fraction of sp³-hybridized carbons (Fsp3) is 0.273. The quantitative estimate of drug-likeness (QED) is 0.580. The molecule has 0 bridgehead atoms. The molecule has 0 spiro atoms. The van der Waals surface area contributed by atoms with E-state index < -0.39 is 12.1 Å². The van der Waals surface area contributed by atoms with Crippen LogP contribution in [0.4, 0.5) is 5.69 Å². The monoisotopic (exact) mass is 365 g/mol. The molecular weight excluding hydrogens is 342 g/mol. The highest BCUT2D eigenvalue weighted by molar-refractivity contribution is 6.00. The van der Waals surface area contributed by atoms with Crippen LogP contribution >= 0.6 is 0 Å². The molecule has 0 fully saturated rings. The van der Waals surface area contributed by atoms with Crippen molar-refractivity contribution in [1.29, 1.82) is 0 Å². The molecule has 0 unspecified atom stereocenters. The van der Waals surface area contributed by atoms with E-state index in [2.05, 4.69) is 0 Å². The summed E-state index contributed by atoms with van der Waals surface area (Å²) < 4.78 is 10.8. The molecule has 2 aromatic carbocycles. The third-order valence-corrected chi connectivity index (χ3v) is 4.41. The number of fused-ring (bicyclic) bond motifs is 1. The van der Waals surface area contributed by atoms with Crippen LogP contribution in [0.5, 0.6) is 5.75 Å². The van der Waals surface area contributed by atoms with Crippen molar-refractivity contribution >= 4 is 23.6 Å². The van der Waals surface area contributed by atoms with Gasteiger partial charge in [-0.05, 0) is 44.0 Å². The van der Waals surface area contributed by atoms with Crippen molar-refractivity contribution in [2.24, 2.45) is 0 Å². The van der Waals surface area contributed by atoms with Gasteiger partial charge in [-0.15, -0.1) is 0 Å². The minimum absolute atomic E-state index is 0.212. The lowest BCUT2D eigenvalue weighted by molar-refractivity contribution is -0.149. The normalized spacial score (nSPS) is 14.1. The van der Waals surface area contributed by atoms with E-state index >= 15 is 0 Å². The third kappa shape index (κ3) is 4.37. The smallest absolute Gasteiger partial charge is 0.331 e. The molecule has 27 heavy (non-hydrogen) atoms. The third-order valence-electron chi connectivity index (χ3n) is 4.41. The van der Waals surface area contributed by atoms with E-state index in [1.807, 2.05) is 55.5 Å². The number of anilines is 1. The van der Waals surface area contributed by atoms with Gasteiger partial charge in [0, 0.05) is 23.9 Å². The minimum atomic E-state index is -0.851. The Balaban J connectivity index is 1.62. The lowest BCUT2D eigenvalue weighted by Crippen LogP contribution is -2.38. The minimum Gasteiger partial charge on any atom is -0.493 e. The second kappa shape index (κ2) is 8.54. The number of rotatable bonds is 6. The number of hydrogen-bond acceptors (Lipinski definition) is 4. The Labute approximate surface area is 159 Å². The van der Waals surface area contributed by atoms with Gasteiger partial charge in [-0.3, -0.25) is 4.79 Å². The van der Waals surface area contributed by atoms with Crippen LogP contribution in [0.25, 0.3) is 6.08 Å². The molecule has 0 aromatic heterocycles. The summed E-state index contributed by atoms with van der Waals surface area (Å²) in [4.78, 5) is 26.5. The lowest BCUT2D eigenvalue weighted by Gasteiger charge is -2.21. The van der Waals surface area contributed by atoms with E-state index in [1.165, 1.54) is 6.08 Å². The van der Waals surface area contributed by atoms with Gasteiger partial charge in [0.1, 0.15) is 5.75 Å². The molecule has 0 saturated carbocycles. The van der Waals surface area contributed by atoms with Crippen molar-refractivity contribution in [2.75, 3.05) is 18.1 Å². The number of hydrogen-bond donors (Lipinski definition) is 0.